The first-order chi connectivity index (χ1) is 7.05. The fraction of sp³-hybridized carbons (Fsp3) is 0.600. The fourth-order valence-electron chi connectivity index (χ4n) is 1.55. The van der Waals surface area contributed by atoms with Crippen LogP contribution in [0.3, 0.4) is 0 Å². The molecular weight excluding hydrogens is 237 g/mol. The summed E-state index contributed by atoms with van der Waals surface area (Å²) in [6.07, 6.45) is 6.23. The van der Waals surface area contributed by atoms with Crippen molar-refractivity contribution in [3.8, 4) is 0 Å². The first kappa shape index (κ1) is 16.2. The maximum atomic E-state index is 10.8. The van der Waals surface area contributed by atoms with Gasteiger partial charge in [-0.05, 0) is 25.0 Å². The molecule has 1 aromatic rings. The molecule has 1 heterocycles. The second-order valence-corrected chi connectivity index (χ2v) is 4.81. The van der Waals surface area contributed by atoms with E-state index >= 15 is 0 Å². The topological polar surface area (TPSA) is 62.1 Å². The van der Waals surface area contributed by atoms with Gasteiger partial charge < -0.3 is 4.55 Å². The van der Waals surface area contributed by atoms with Crippen LogP contribution in [0, 0.1) is 0 Å². The van der Waals surface area contributed by atoms with Crippen molar-refractivity contribution >= 4 is 10.3 Å². The van der Waals surface area contributed by atoms with Gasteiger partial charge in [-0.3, -0.25) is 3.97 Å². The molecule has 0 aliphatic heterocycles. The van der Waals surface area contributed by atoms with Gasteiger partial charge in [-0.15, -0.1) is 0 Å². The van der Waals surface area contributed by atoms with Crippen LogP contribution in [0.2, 0.25) is 0 Å². The summed E-state index contributed by atoms with van der Waals surface area (Å²) in [7, 11) is -4.37. The molecule has 0 aliphatic rings. The van der Waals surface area contributed by atoms with Crippen LogP contribution in [0.15, 0.2) is 18.3 Å². The summed E-state index contributed by atoms with van der Waals surface area (Å²) in [5.74, 6) is 0. The van der Waals surface area contributed by atoms with E-state index in [4.69, 9.17) is 0 Å². The third-order valence-electron chi connectivity index (χ3n) is 2.32. The van der Waals surface area contributed by atoms with E-state index in [0.29, 0.717) is 12.1 Å². The Kier molecular flexibility index (Phi) is 7.59. The summed E-state index contributed by atoms with van der Waals surface area (Å²) in [6, 6.07) is 3.27. The Labute approximate surface area is 119 Å². The Morgan fingerprint density at radius 3 is 2.56 bits per heavy atom. The van der Waals surface area contributed by atoms with E-state index in [1.807, 2.05) is 0 Å². The van der Waals surface area contributed by atoms with Crippen molar-refractivity contribution in [3.63, 3.8) is 0 Å². The minimum absolute atomic E-state index is 0. The molecule has 0 atom stereocenters. The van der Waals surface area contributed by atoms with Gasteiger partial charge in [-0.2, -0.15) is 0 Å². The zero-order chi connectivity index (χ0) is 11.3. The van der Waals surface area contributed by atoms with E-state index in [9.17, 15) is 13.0 Å². The third kappa shape index (κ3) is 5.01. The van der Waals surface area contributed by atoms with Crippen LogP contribution in [0.25, 0.3) is 0 Å². The molecule has 0 saturated heterocycles. The molecule has 4 nitrogen and oxygen atoms in total. The number of unbranched alkanes of at least 4 members (excludes halogenated alkanes) is 3. The summed E-state index contributed by atoms with van der Waals surface area (Å²) in [5, 5.41) is 0. The van der Waals surface area contributed by atoms with Gasteiger partial charge in [0.05, 0.1) is 0 Å². The molecule has 0 radical (unpaired) electrons. The van der Waals surface area contributed by atoms with Crippen molar-refractivity contribution in [2.24, 2.45) is 0 Å². The molecule has 16 heavy (non-hydrogen) atoms. The molecule has 6 heteroatoms. The summed E-state index contributed by atoms with van der Waals surface area (Å²) >= 11 is 0. The number of nitrogens with zero attached hydrogens (tertiary/aromatic N) is 1. The average molecular weight is 253 g/mol. The number of rotatable bonds is 6. The van der Waals surface area contributed by atoms with Crippen molar-refractivity contribution in [2.45, 2.75) is 39.0 Å². The molecule has 0 spiro atoms. The van der Waals surface area contributed by atoms with Crippen molar-refractivity contribution in [1.29, 1.82) is 0 Å². The minimum atomic E-state index is -4.37. The summed E-state index contributed by atoms with van der Waals surface area (Å²) in [6.45, 7) is 2.12. The molecule has 86 valence electrons. The Hall–Kier alpha value is 0.190. The molecule has 0 saturated carbocycles. The first-order valence-corrected chi connectivity index (χ1v) is 6.55. The Morgan fingerprint density at radius 1 is 1.31 bits per heavy atom. The Balaban J connectivity index is 0.00000225. The van der Waals surface area contributed by atoms with Crippen molar-refractivity contribution < 1.29 is 42.5 Å². The van der Waals surface area contributed by atoms with Crippen molar-refractivity contribution in [3.05, 3.63) is 24.0 Å². The van der Waals surface area contributed by atoms with E-state index in [1.54, 1.807) is 12.1 Å². The third-order valence-corrected chi connectivity index (χ3v) is 3.16. The number of aryl methyl sites for hydroxylation is 1. The van der Waals surface area contributed by atoms with Crippen LogP contribution in [0.5, 0.6) is 0 Å². The Bertz CT molecular complexity index is 400. The molecule has 0 amide bonds. The summed E-state index contributed by atoms with van der Waals surface area (Å²) in [4.78, 5) is 0. The molecular formula is C10H16NNaO3S. The van der Waals surface area contributed by atoms with Gasteiger partial charge >= 0.3 is 29.6 Å². The monoisotopic (exact) mass is 253 g/mol. The largest absolute Gasteiger partial charge is 1.00 e. The number of aromatic nitrogens is 1. The predicted octanol–water partition coefficient (Wildman–Crippen LogP) is -1.08. The normalized spacial score (nSPS) is 11.1. The van der Waals surface area contributed by atoms with Gasteiger partial charge in [-0.25, -0.2) is 8.42 Å². The van der Waals surface area contributed by atoms with E-state index in [-0.39, 0.29) is 29.6 Å². The van der Waals surface area contributed by atoms with Crippen LogP contribution in [0.4, 0.5) is 0 Å². The van der Waals surface area contributed by atoms with Crippen LogP contribution in [0.1, 0.15) is 38.3 Å². The molecule has 1 aromatic heterocycles. The van der Waals surface area contributed by atoms with Gasteiger partial charge in [0.15, 0.2) is 10.3 Å². The van der Waals surface area contributed by atoms with E-state index < -0.39 is 10.3 Å². The van der Waals surface area contributed by atoms with Crippen LogP contribution in [-0.2, 0) is 16.7 Å². The maximum Gasteiger partial charge on any atom is 1.00 e. The Morgan fingerprint density at radius 2 is 2.00 bits per heavy atom. The van der Waals surface area contributed by atoms with Gasteiger partial charge in [0, 0.05) is 11.9 Å². The second-order valence-electron chi connectivity index (χ2n) is 3.56. The standard InChI is InChI=1S/C10H17NO3S.Na/c1-2-3-4-5-7-10-8-6-9-11(10)15(12,13)14;/h6,8-9H,2-5,7H2,1H3,(H,12,13,14);/q;+1/p-1. The first-order valence-electron chi connectivity index (χ1n) is 5.18. The zero-order valence-electron chi connectivity index (χ0n) is 9.85. The SMILES string of the molecule is CCCCCCc1cccn1S(=O)(=O)[O-].[Na+]. The molecule has 0 unspecified atom stereocenters. The fourth-order valence-corrected chi connectivity index (χ4v) is 2.20. The van der Waals surface area contributed by atoms with Gasteiger partial charge in [0.1, 0.15) is 0 Å². The van der Waals surface area contributed by atoms with Crippen LogP contribution >= 0.6 is 0 Å². The second kappa shape index (κ2) is 7.50. The number of hydrogen-bond donors (Lipinski definition) is 0. The van der Waals surface area contributed by atoms with Gasteiger partial charge in [0.2, 0.25) is 0 Å². The minimum Gasteiger partial charge on any atom is -0.731 e. The van der Waals surface area contributed by atoms with Crippen LogP contribution in [-0.4, -0.2) is 16.9 Å². The number of hydrogen-bond acceptors (Lipinski definition) is 3. The molecule has 1 rings (SSSR count). The summed E-state index contributed by atoms with van der Waals surface area (Å²) < 4.78 is 33.3. The maximum absolute atomic E-state index is 10.8. The molecule has 0 aromatic carbocycles. The predicted molar refractivity (Wildman–Crippen MR) is 57.4 cm³/mol. The van der Waals surface area contributed by atoms with Crippen molar-refractivity contribution in [2.75, 3.05) is 0 Å². The molecule has 0 N–H and O–H groups in total. The van der Waals surface area contributed by atoms with Gasteiger partial charge in [-0.1, -0.05) is 26.2 Å². The molecule has 0 bridgehead atoms. The van der Waals surface area contributed by atoms with E-state index in [1.165, 1.54) is 6.20 Å². The average Bonchev–Trinajstić information content (AvgIpc) is 2.59. The smallest absolute Gasteiger partial charge is 0.731 e. The van der Waals surface area contributed by atoms with E-state index in [2.05, 4.69) is 6.92 Å². The van der Waals surface area contributed by atoms with Crippen LogP contribution < -0.4 is 29.6 Å². The molecule has 0 fully saturated rings. The van der Waals surface area contributed by atoms with E-state index in [0.717, 1.165) is 29.7 Å². The van der Waals surface area contributed by atoms with Gasteiger partial charge in [0.25, 0.3) is 0 Å². The van der Waals surface area contributed by atoms with Crippen molar-refractivity contribution in [1.82, 2.24) is 3.97 Å². The quantitative estimate of drug-likeness (QED) is 0.368. The molecule has 0 aliphatic carbocycles. The zero-order valence-corrected chi connectivity index (χ0v) is 12.7. The summed E-state index contributed by atoms with van der Waals surface area (Å²) in [5.41, 5.74) is 0.584.